The van der Waals surface area contributed by atoms with Crippen LogP contribution in [0, 0.1) is 0 Å². The number of rotatable bonds is 0. The van der Waals surface area contributed by atoms with Crippen molar-refractivity contribution in [3.05, 3.63) is 24.5 Å². The summed E-state index contributed by atoms with van der Waals surface area (Å²) in [6.45, 7) is 0. The summed E-state index contributed by atoms with van der Waals surface area (Å²) in [6.07, 6.45) is 3.45. The fraction of sp³-hybridized carbons (Fsp3) is 0. The van der Waals surface area contributed by atoms with E-state index in [-0.39, 0.29) is 0 Å². The van der Waals surface area contributed by atoms with E-state index in [1.165, 1.54) is 4.90 Å². The van der Waals surface area contributed by atoms with E-state index in [1.807, 2.05) is 12.1 Å². The zero-order valence-corrected chi connectivity index (χ0v) is 8.15. The molecule has 0 amide bonds. The van der Waals surface area contributed by atoms with Crippen molar-refractivity contribution in [1.29, 1.82) is 0 Å². The minimum absolute atomic E-state index is 0.957. The number of hydrogen-bond donors (Lipinski definition) is 1. The normalized spacial score (nSPS) is 14.2. The van der Waals surface area contributed by atoms with E-state index in [9.17, 15) is 0 Å². The van der Waals surface area contributed by atoms with Gasteiger partial charge in [-0.05, 0) is 22.9 Å². The molecule has 3 nitrogen and oxygen atoms in total. The molecule has 0 unspecified atom stereocenters. The van der Waals surface area contributed by atoms with Crippen molar-refractivity contribution >= 4 is 38.5 Å². The Balaban J connectivity index is 2.43. The number of benzene rings is 1. The molecule has 0 fully saturated rings. The fourth-order valence-electron chi connectivity index (χ4n) is 1.28. The van der Waals surface area contributed by atoms with Crippen molar-refractivity contribution in [2.45, 2.75) is 4.90 Å². The first-order valence-corrected chi connectivity index (χ1v) is 5.93. The molecule has 0 atom stereocenters. The van der Waals surface area contributed by atoms with E-state index < -0.39 is 0 Å². The molecule has 0 spiro atoms. The van der Waals surface area contributed by atoms with Crippen LogP contribution >= 0.6 is 21.8 Å². The standard InChI is InChI=1S/C8H5N3S2/c1-2-6-8(12-13-11-6)7-5(1)9-3-4-10-7/h1-4,11H. The van der Waals surface area contributed by atoms with Gasteiger partial charge in [-0.1, -0.05) is 0 Å². The zero-order chi connectivity index (χ0) is 8.67. The van der Waals surface area contributed by atoms with Gasteiger partial charge < -0.3 is 4.72 Å². The molecule has 13 heavy (non-hydrogen) atoms. The maximum atomic E-state index is 4.32. The Kier molecular flexibility index (Phi) is 1.60. The van der Waals surface area contributed by atoms with Gasteiger partial charge in [0, 0.05) is 23.4 Å². The highest BCUT2D eigenvalue weighted by atomic mass is 33.1. The summed E-state index contributed by atoms with van der Waals surface area (Å²) in [6, 6.07) is 4.03. The molecule has 2 heterocycles. The van der Waals surface area contributed by atoms with Gasteiger partial charge in [0.05, 0.1) is 16.1 Å². The highest BCUT2D eigenvalue weighted by Gasteiger charge is 2.15. The van der Waals surface area contributed by atoms with E-state index >= 15 is 0 Å². The molecule has 0 saturated carbocycles. The van der Waals surface area contributed by atoms with Gasteiger partial charge in [0.2, 0.25) is 0 Å². The molecule has 1 aromatic heterocycles. The summed E-state index contributed by atoms with van der Waals surface area (Å²) in [4.78, 5) is 9.75. The lowest BCUT2D eigenvalue weighted by Crippen LogP contribution is -1.85. The van der Waals surface area contributed by atoms with Crippen LogP contribution in [0.1, 0.15) is 0 Å². The third-order valence-electron chi connectivity index (χ3n) is 1.87. The SMILES string of the molecule is c1cnc2c3c(ccc2n1)NSS3. The summed E-state index contributed by atoms with van der Waals surface area (Å²) < 4.78 is 3.20. The Hall–Kier alpha value is -0.940. The Labute approximate surface area is 82.9 Å². The van der Waals surface area contributed by atoms with Gasteiger partial charge in [0.25, 0.3) is 0 Å². The molecule has 1 aliphatic rings. The number of aromatic nitrogens is 2. The second kappa shape index (κ2) is 2.78. The molecule has 3 rings (SSSR count). The van der Waals surface area contributed by atoms with Crippen molar-refractivity contribution in [2.75, 3.05) is 4.72 Å². The molecule has 0 aliphatic carbocycles. The summed E-state index contributed by atoms with van der Waals surface area (Å²) >= 11 is 0. The second-order valence-corrected chi connectivity index (χ2v) is 4.58. The number of fused-ring (bicyclic) bond motifs is 3. The zero-order valence-electron chi connectivity index (χ0n) is 6.52. The second-order valence-electron chi connectivity index (χ2n) is 2.64. The van der Waals surface area contributed by atoms with E-state index in [0.29, 0.717) is 0 Å². The molecule has 0 saturated heterocycles. The van der Waals surface area contributed by atoms with Gasteiger partial charge in [0.1, 0.15) is 5.52 Å². The number of hydrogen-bond acceptors (Lipinski definition) is 5. The van der Waals surface area contributed by atoms with Gasteiger partial charge in [-0.25, -0.2) is 0 Å². The van der Waals surface area contributed by atoms with Crippen LogP contribution in [0.4, 0.5) is 5.69 Å². The van der Waals surface area contributed by atoms with Crippen molar-refractivity contribution < 1.29 is 0 Å². The summed E-state index contributed by atoms with van der Waals surface area (Å²) in [7, 11) is 3.32. The molecular formula is C8H5N3S2. The lowest BCUT2D eigenvalue weighted by molar-refractivity contribution is 1.27. The quantitative estimate of drug-likeness (QED) is 0.531. The smallest absolute Gasteiger partial charge is 0.105 e. The topological polar surface area (TPSA) is 37.8 Å². The maximum absolute atomic E-state index is 4.32. The van der Waals surface area contributed by atoms with Gasteiger partial charge >= 0.3 is 0 Å². The lowest BCUT2D eigenvalue weighted by atomic mass is 10.2. The van der Waals surface area contributed by atoms with Crippen LogP contribution in [0.15, 0.2) is 29.4 Å². The van der Waals surface area contributed by atoms with Gasteiger partial charge in [-0.3, -0.25) is 9.97 Å². The third kappa shape index (κ3) is 1.08. The van der Waals surface area contributed by atoms with Crippen LogP contribution < -0.4 is 4.72 Å². The average molecular weight is 207 g/mol. The van der Waals surface area contributed by atoms with Crippen LogP contribution in [0.2, 0.25) is 0 Å². The Bertz CT molecular complexity index is 472. The van der Waals surface area contributed by atoms with Crippen molar-refractivity contribution in [1.82, 2.24) is 9.97 Å². The Morgan fingerprint density at radius 1 is 1.15 bits per heavy atom. The molecule has 1 N–H and O–H groups in total. The minimum atomic E-state index is 0.957. The van der Waals surface area contributed by atoms with Gasteiger partial charge in [0.15, 0.2) is 0 Å². The fourth-order valence-corrected chi connectivity index (χ4v) is 3.33. The van der Waals surface area contributed by atoms with Crippen LogP contribution in [0.25, 0.3) is 11.0 Å². The molecule has 1 aliphatic heterocycles. The third-order valence-corrected chi connectivity index (χ3v) is 3.84. The van der Waals surface area contributed by atoms with E-state index in [4.69, 9.17) is 0 Å². The predicted octanol–water partition coefficient (Wildman–Crippen LogP) is 2.71. The molecular weight excluding hydrogens is 202 g/mol. The molecule has 2 aromatic rings. The summed E-state index contributed by atoms with van der Waals surface area (Å²) in [5.74, 6) is 0. The first-order chi connectivity index (χ1) is 6.45. The van der Waals surface area contributed by atoms with Crippen molar-refractivity contribution in [2.24, 2.45) is 0 Å². The number of anilines is 1. The Morgan fingerprint density at radius 2 is 2.08 bits per heavy atom. The van der Waals surface area contributed by atoms with Crippen LogP contribution in [0.3, 0.4) is 0 Å². The van der Waals surface area contributed by atoms with Gasteiger partial charge in [-0.2, -0.15) is 0 Å². The minimum Gasteiger partial charge on any atom is -0.319 e. The first-order valence-electron chi connectivity index (χ1n) is 3.78. The molecule has 1 aromatic carbocycles. The van der Waals surface area contributed by atoms with Crippen LogP contribution in [-0.2, 0) is 0 Å². The van der Waals surface area contributed by atoms with Gasteiger partial charge in [-0.15, -0.1) is 0 Å². The summed E-state index contributed by atoms with van der Waals surface area (Å²) in [5.41, 5.74) is 3.09. The Morgan fingerprint density at radius 3 is 3.08 bits per heavy atom. The van der Waals surface area contributed by atoms with Crippen LogP contribution in [-0.4, -0.2) is 9.97 Å². The largest absolute Gasteiger partial charge is 0.319 e. The highest BCUT2D eigenvalue weighted by Crippen LogP contribution is 2.46. The summed E-state index contributed by atoms with van der Waals surface area (Å²) in [5, 5.41) is 0. The monoisotopic (exact) mass is 207 g/mol. The molecule has 0 bridgehead atoms. The van der Waals surface area contributed by atoms with Crippen molar-refractivity contribution in [3.63, 3.8) is 0 Å². The van der Waals surface area contributed by atoms with Crippen LogP contribution in [0.5, 0.6) is 0 Å². The van der Waals surface area contributed by atoms with E-state index in [0.717, 1.165) is 16.7 Å². The molecule has 64 valence electrons. The lowest BCUT2D eigenvalue weighted by Gasteiger charge is -1.99. The van der Waals surface area contributed by atoms with Crippen molar-refractivity contribution in [3.8, 4) is 0 Å². The first kappa shape index (κ1) is 7.46. The van der Waals surface area contributed by atoms with E-state index in [2.05, 4.69) is 14.7 Å². The molecule has 0 radical (unpaired) electrons. The number of nitrogens with zero attached hydrogens (tertiary/aromatic N) is 2. The number of nitrogens with one attached hydrogen (secondary N) is 1. The highest BCUT2D eigenvalue weighted by molar-refractivity contribution is 8.77. The average Bonchev–Trinajstić information content (AvgIpc) is 2.65. The van der Waals surface area contributed by atoms with E-state index in [1.54, 1.807) is 34.2 Å². The maximum Gasteiger partial charge on any atom is 0.105 e. The predicted molar refractivity (Wildman–Crippen MR) is 56.6 cm³/mol. The molecule has 5 heteroatoms.